The van der Waals surface area contributed by atoms with Gasteiger partial charge in [0.1, 0.15) is 11.5 Å². The molecule has 1 aliphatic heterocycles. The molecule has 0 bridgehead atoms. The van der Waals surface area contributed by atoms with Crippen LogP contribution in [0.5, 0.6) is 11.5 Å². The third-order valence-electron chi connectivity index (χ3n) is 4.94. The maximum atomic E-state index is 10.7. The third-order valence-corrected chi connectivity index (χ3v) is 4.94. The molecule has 2 aromatic rings. The van der Waals surface area contributed by atoms with Gasteiger partial charge in [0.2, 0.25) is 0 Å². The van der Waals surface area contributed by atoms with Gasteiger partial charge in [0.25, 0.3) is 0 Å². The van der Waals surface area contributed by atoms with Gasteiger partial charge in [-0.15, -0.1) is 0 Å². The standard InChI is InChI=1S/C21H26N2O3/c1-17(23-15-13-22(14-16-23)12-11-21(24)25)18-7-9-20(10-8-18)26-19-5-3-2-4-6-19/h2-10,17H,11-16H2,1H3,(H,24,25). The van der Waals surface area contributed by atoms with Crippen LogP contribution in [-0.2, 0) is 4.79 Å². The molecular weight excluding hydrogens is 328 g/mol. The van der Waals surface area contributed by atoms with Crippen LogP contribution in [0.4, 0.5) is 0 Å². The zero-order chi connectivity index (χ0) is 18.4. The van der Waals surface area contributed by atoms with Crippen LogP contribution in [0.15, 0.2) is 54.6 Å². The highest BCUT2D eigenvalue weighted by atomic mass is 16.5. The Labute approximate surface area is 154 Å². The molecule has 5 nitrogen and oxygen atoms in total. The van der Waals surface area contributed by atoms with Crippen molar-refractivity contribution in [1.29, 1.82) is 0 Å². The Bertz CT molecular complexity index is 695. The summed E-state index contributed by atoms with van der Waals surface area (Å²) in [6.45, 7) is 6.63. The van der Waals surface area contributed by atoms with E-state index in [1.807, 2.05) is 42.5 Å². The second kappa shape index (κ2) is 8.83. The van der Waals surface area contributed by atoms with E-state index >= 15 is 0 Å². The maximum Gasteiger partial charge on any atom is 0.304 e. The molecule has 1 atom stereocenters. The fraction of sp³-hybridized carbons (Fsp3) is 0.381. The van der Waals surface area contributed by atoms with Gasteiger partial charge in [0.15, 0.2) is 0 Å². The van der Waals surface area contributed by atoms with E-state index in [2.05, 4.69) is 28.9 Å². The molecule has 1 saturated heterocycles. The quantitative estimate of drug-likeness (QED) is 0.823. The fourth-order valence-corrected chi connectivity index (χ4v) is 3.28. The van der Waals surface area contributed by atoms with E-state index in [4.69, 9.17) is 9.84 Å². The van der Waals surface area contributed by atoms with Crippen LogP contribution in [0.25, 0.3) is 0 Å². The first-order valence-electron chi connectivity index (χ1n) is 9.13. The molecule has 26 heavy (non-hydrogen) atoms. The van der Waals surface area contributed by atoms with Crippen LogP contribution in [0, 0.1) is 0 Å². The first-order valence-corrected chi connectivity index (χ1v) is 9.13. The van der Waals surface area contributed by atoms with Crippen LogP contribution in [-0.4, -0.2) is 53.6 Å². The van der Waals surface area contributed by atoms with Crippen LogP contribution in [0.1, 0.15) is 24.9 Å². The molecule has 1 aliphatic rings. The van der Waals surface area contributed by atoms with E-state index in [-0.39, 0.29) is 6.42 Å². The van der Waals surface area contributed by atoms with Crippen LogP contribution in [0.3, 0.4) is 0 Å². The van der Waals surface area contributed by atoms with Crippen molar-refractivity contribution in [3.8, 4) is 11.5 Å². The average Bonchev–Trinajstić information content (AvgIpc) is 2.68. The van der Waals surface area contributed by atoms with Crippen LogP contribution < -0.4 is 4.74 Å². The number of carbonyl (C=O) groups is 1. The van der Waals surface area contributed by atoms with Crippen molar-refractivity contribution in [2.24, 2.45) is 0 Å². The Morgan fingerprint density at radius 3 is 2.23 bits per heavy atom. The summed E-state index contributed by atoms with van der Waals surface area (Å²) in [4.78, 5) is 15.4. The van der Waals surface area contributed by atoms with Crippen LogP contribution in [0.2, 0.25) is 0 Å². The molecule has 0 saturated carbocycles. The van der Waals surface area contributed by atoms with E-state index in [1.165, 1.54) is 5.56 Å². The first-order chi connectivity index (χ1) is 12.6. The van der Waals surface area contributed by atoms with Gasteiger partial charge in [-0.3, -0.25) is 9.69 Å². The predicted molar refractivity (Wildman–Crippen MR) is 102 cm³/mol. The summed E-state index contributed by atoms with van der Waals surface area (Å²) in [7, 11) is 0. The topological polar surface area (TPSA) is 53.0 Å². The Kier molecular flexibility index (Phi) is 6.26. The Morgan fingerprint density at radius 1 is 1.00 bits per heavy atom. The van der Waals surface area contributed by atoms with Gasteiger partial charge in [0.05, 0.1) is 6.42 Å². The number of ether oxygens (including phenoxy) is 1. The zero-order valence-corrected chi connectivity index (χ0v) is 15.2. The molecule has 0 radical (unpaired) electrons. The molecule has 138 valence electrons. The SMILES string of the molecule is CC(c1ccc(Oc2ccccc2)cc1)N1CCN(CCC(=O)O)CC1. The van der Waals surface area contributed by atoms with Crippen molar-refractivity contribution in [2.45, 2.75) is 19.4 Å². The summed E-state index contributed by atoms with van der Waals surface area (Å²) in [5.41, 5.74) is 1.27. The molecule has 1 fully saturated rings. The van der Waals surface area contributed by atoms with E-state index in [9.17, 15) is 4.79 Å². The van der Waals surface area contributed by atoms with E-state index in [0.717, 1.165) is 37.7 Å². The van der Waals surface area contributed by atoms with Gasteiger partial charge >= 0.3 is 5.97 Å². The van der Waals surface area contributed by atoms with Crippen molar-refractivity contribution in [3.05, 3.63) is 60.2 Å². The molecule has 0 aromatic heterocycles. The summed E-state index contributed by atoms with van der Waals surface area (Å²) in [5, 5.41) is 8.80. The normalized spacial score (nSPS) is 17.0. The van der Waals surface area contributed by atoms with Crippen molar-refractivity contribution in [2.75, 3.05) is 32.7 Å². The average molecular weight is 354 g/mol. The minimum absolute atomic E-state index is 0.221. The Balaban J connectivity index is 1.52. The molecular formula is C21H26N2O3. The molecule has 1 N–H and O–H groups in total. The number of hydrogen-bond donors (Lipinski definition) is 1. The summed E-state index contributed by atoms with van der Waals surface area (Å²) in [5.74, 6) is 0.954. The number of rotatable bonds is 7. The highest BCUT2D eigenvalue weighted by Crippen LogP contribution is 2.26. The zero-order valence-electron chi connectivity index (χ0n) is 15.2. The van der Waals surface area contributed by atoms with Gasteiger partial charge in [-0.05, 0) is 36.8 Å². The van der Waals surface area contributed by atoms with Crippen molar-refractivity contribution in [3.63, 3.8) is 0 Å². The van der Waals surface area contributed by atoms with E-state index < -0.39 is 5.97 Å². The summed E-state index contributed by atoms with van der Waals surface area (Å²) >= 11 is 0. The Hall–Kier alpha value is -2.37. The predicted octanol–water partition coefficient (Wildman–Crippen LogP) is 3.63. The summed E-state index contributed by atoms with van der Waals surface area (Å²) < 4.78 is 5.85. The number of carboxylic acid groups (broad SMARTS) is 1. The first kappa shape index (κ1) is 18.4. The van der Waals surface area contributed by atoms with Gasteiger partial charge < -0.3 is 14.7 Å². The van der Waals surface area contributed by atoms with E-state index in [1.54, 1.807) is 0 Å². The number of carboxylic acids is 1. The van der Waals surface area contributed by atoms with E-state index in [0.29, 0.717) is 12.6 Å². The molecule has 0 amide bonds. The smallest absolute Gasteiger partial charge is 0.304 e. The number of benzene rings is 2. The summed E-state index contributed by atoms with van der Waals surface area (Å²) in [6, 6.07) is 18.4. The Morgan fingerprint density at radius 2 is 1.62 bits per heavy atom. The van der Waals surface area contributed by atoms with Crippen LogP contribution >= 0.6 is 0 Å². The number of aliphatic carboxylic acids is 1. The lowest BCUT2D eigenvalue weighted by molar-refractivity contribution is -0.137. The molecule has 1 heterocycles. The monoisotopic (exact) mass is 354 g/mol. The maximum absolute atomic E-state index is 10.7. The molecule has 1 unspecified atom stereocenters. The van der Waals surface area contributed by atoms with Gasteiger partial charge in [-0.25, -0.2) is 0 Å². The minimum atomic E-state index is -0.724. The number of nitrogens with zero attached hydrogens (tertiary/aromatic N) is 2. The highest BCUT2D eigenvalue weighted by Gasteiger charge is 2.22. The number of hydrogen-bond acceptors (Lipinski definition) is 4. The molecule has 3 rings (SSSR count). The van der Waals surface area contributed by atoms with Gasteiger partial charge in [-0.2, -0.15) is 0 Å². The van der Waals surface area contributed by atoms with Crippen molar-refractivity contribution in [1.82, 2.24) is 9.80 Å². The minimum Gasteiger partial charge on any atom is -0.481 e. The number of para-hydroxylation sites is 1. The second-order valence-corrected chi connectivity index (χ2v) is 6.68. The second-order valence-electron chi connectivity index (χ2n) is 6.68. The van der Waals surface area contributed by atoms with Gasteiger partial charge in [-0.1, -0.05) is 30.3 Å². The van der Waals surface area contributed by atoms with Crippen molar-refractivity contribution >= 4 is 5.97 Å². The molecule has 0 spiro atoms. The molecule has 2 aromatic carbocycles. The van der Waals surface area contributed by atoms with Gasteiger partial charge in [0, 0.05) is 38.8 Å². The largest absolute Gasteiger partial charge is 0.481 e. The lowest BCUT2D eigenvalue weighted by Crippen LogP contribution is -2.47. The fourth-order valence-electron chi connectivity index (χ4n) is 3.28. The van der Waals surface area contributed by atoms with Crippen molar-refractivity contribution < 1.29 is 14.6 Å². The molecule has 5 heteroatoms. The third kappa shape index (κ3) is 5.07. The lowest BCUT2D eigenvalue weighted by atomic mass is 10.1. The summed E-state index contributed by atoms with van der Waals surface area (Å²) in [6.07, 6.45) is 0.221. The molecule has 0 aliphatic carbocycles. The lowest BCUT2D eigenvalue weighted by Gasteiger charge is -2.38. The highest BCUT2D eigenvalue weighted by molar-refractivity contribution is 5.66. The number of piperazine rings is 1.